The summed E-state index contributed by atoms with van der Waals surface area (Å²) in [5.74, 6) is 1.52. The lowest BCUT2D eigenvalue weighted by atomic mass is 9.93. The van der Waals surface area contributed by atoms with Gasteiger partial charge < -0.3 is 9.47 Å². The van der Waals surface area contributed by atoms with E-state index in [-0.39, 0.29) is 5.78 Å². The van der Waals surface area contributed by atoms with Crippen molar-refractivity contribution in [1.29, 1.82) is 0 Å². The Morgan fingerprint density at radius 1 is 1.41 bits per heavy atom. The van der Waals surface area contributed by atoms with Gasteiger partial charge in [-0.15, -0.1) is 0 Å². The molecule has 0 saturated carbocycles. The molecule has 0 amide bonds. The van der Waals surface area contributed by atoms with Crippen LogP contribution in [0.1, 0.15) is 44.0 Å². The van der Waals surface area contributed by atoms with Gasteiger partial charge in [-0.2, -0.15) is 0 Å². The van der Waals surface area contributed by atoms with Crippen molar-refractivity contribution in [2.24, 2.45) is 0 Å². The Labute approximate surface area is 102 Å². The normalized spacial score (nSPS) is 17.2. The lowest BCUT2D eigenvalue weighted by molar-refractivity contribution is 0.0619. The molecule has 3 heteroatoms. The molecule has 2 rings (SSSR count). The Balaban J connectivity index is 2.27. The third kappa shape index (κ3) is 2.60. The Hall–Kier alpha value is -1.51. The molecular weight excluding hydrogens is 216 g/mol. The first-order valence-electron chi connectivity index (χ1n) is 6.01. The molecule has 0 bridgehead atoms. The standard InChI is InChI=1S/C14H18O3/c1-4-7-16-10-5-6-13-11(8-10)12(15)9-14(2,3)17-13/h5-6,8H,4,7,9H2,1-3H3. The fraction of sp³-hybridized carbons (Fsp3) is 0.500. The molecule has 0 spiro atoms. The second-order valence-corrected chi connectivity index (χ2v) is 4.97. The highest BCUT2D eigenvalue weighted by atomic mass is 16.5. The number of carbonyl (C=O) groups excluding carboxylic acids is 1. The molecule has 0 aromatic heterocycles. The average molecular weight is 234 g/mol. The number of fused-ring (bicyclic) bond motifs is 1. The molecule has 1 aliphatic rings. The smallest absolute Gasteiger partial charge is 0.170 e. The number of ether oxygens (including phenoxy) is 2. The summed E-state index contributed by atoms with van der Waals surface area (Å²) in [4.78, 5) is 12.0. The van der Waals surface area contributed by atoms with Crippen molar-refractivity contribution in [1.82, 2.24) is 0 Å². The van der Waals surface area contributed by atoms with E-state index in [1.54, 1.807) is 6.07 Å². The molecule has 0 saturated heterocycles. The zero-order valence-corrected chi connectivity index (χ0v) is 10.6. The van der Waals surface area contributed by atoms with Gasteiger partial charge in [-0.3, -0.25) is 4.79 Å². The van der Waals surface area contributed by atoms with Crippen LogP contribution < -0.4 is 9.47 Å². The fourth-order valence-electron chi connectivity index (χ4n) is 1.94. The van der Waals surface area contributed by atoms with Crippen LogP contribution >= 0.6 is 0 Å². The van der Waals surface area contributed by atoms with E-state index < -0.39 is 5.60 Å². The van der Waals surface area contributed by atoms with Crippen molar-refractivity contribution in [3.05, 3.63) is 23.8 Å². The van der Waals surface area contributed by atoms with Crippen molar-refractivity contribution in [3.8, 4) is 11.5 Å². The van der Waals surface area contributed by atoms with Crippen molar-refractivity contribution in [2.45, 2.75) is 39.2 Å². The second kappa shape index (κ2) is 4.40. The number of hydrogen-bond acceptors (Lipinski definition) is 3. The highest BCUT2D eigenvalue weighted by Crippen LogP contribution is 2.35. The van der Waals surface area contributed by atoms with E-state index in [2.05, 4.69) is 6.92 Å². The zero-order chi connectivity index (χ0) is 12.5. The third-order valence-electron chi connectivity index (χ3n) is 2.70. The van der Waals surface area contributed by atoms with Gasteiger partial charge in [0.2, 0.25) is 0 Å². The molecule has 0 unspecified atom stereocenters. The molecule has 92 valence electrons. The van der Waals surface area contributed by atoms with Gasteiger partial charge in [0.25, 0.3) is 0 Å². The molecule has 0 N–H and O–H groups in total. The Kier molecular flexibility index (Phi) is 3.09. The van der Waals surface area contributed by atoms with E-state index in [4.69, 9.17) is 9.47 Å². The van der Waals surface area contributed by atoms with E-state index in [1.165, 1.54) is 0 Å². The van der Waals surface area contributed by atoms with Crippen LogP contribution in [-0.4, -0.2) is 18.0 Å². The minimum absolute atomic E-state index is 0.123. The summed E-state index contributed by atoms with van der Waals surface area (Å²) in [7, 11) is 0. The SMILES string of the molecule is CCCOc1ccc2c(c1)C(=O)CC(C)(C)O2. The van der Waals surface area contributed by atoms with Gasteiger partial charge in [-0.25, -0.2) is 0 Å². The summed E-state index contributed by atoms with van der Waals surface area (Å²) < 4.78 is 11.3. The molecule has 1 aliphatic heterocycles. The molecule has 3 nitrogen and oxygen atoms in total. The van der Waals surface area contributed by atoms with Crippen LogP contribution in [0.2, 0.25) is 0 Å². The second-order valence-electron chi connectivity index (χ2n) is 4.97. The van der Waals surface area contributed by atoms with E-state index in [9.17, 15) is 4.79 Å². The summed E-state index contributed by atoms with van der Waals surface area (Å²) in [5.41, 5.74) is 0.230. The number of ketones is 1. The van der Waals surface area contributed by atoms with Crippen LogP contribution in [-0.2, 0) is 0 Å². The van der Waals surface area contributed by atoms with Gasteiger partial charge in [-0.05, 0) is 38.5 Å². The van der Waals surface area contributed by atoms with Crippen molar-refractivity contribution >= 4 is 5.78 Å². The highest BCUT2D eigenvalue weighted by molar-refractivity contribution is 6.00. The van der Waals surface area contributed by atoms with Crippen LogP contribution in [0, 0.1) is 0 Å². The van der Waals surface area contributed by atoms with Gasteiger partial charge in [-0.1, -0.05) is 6.92 Å². The first-order chi connectivity index (χ1) is 8.02. The summed E-state index contributed by atoms with van der Waals surface area (Å²) in [5, 5.41) is 0. The van der Waals surface area contributed by atoms with Gasteiger partial charge in [0, 0.05) is 0 Å². The van der Waals surface area contributed by atoms with Crippen molar-refractivity contribution in [2.75, 3.05) is 6.61 Å². The number of Topliss-reactive ketones (excluding diaryl/α,β-unsaturated/α-hetero) is 1. The predicted octanol–water partition coefficient (Wildman–Crippen LogP) is 3.22. The minimum atomic E-state index is -0.407. The minimum Gasteiger partial charge on any atom is -0.494 e. The Morgan fingerprint density at radius 2 is 2.18 bits per heavy atom. The third-order valence-corrected chi connectivity index (χ3v) is 2.70. The summed E-state index contributed by atoms with van der Waals surface area (Å²) >= 11 is 0. The molecule has 17 heavy (non-hydrogen) atoms. The Bertz CT molecular complexity index is 435. The molecular formula is C14H18O3. The van der Waals surface area contributed by atoms with E-state index >= 15 is 0 Å². The van der Waals surface area contributed by atoms with Crippen LogP contribution in [0.15, 0.2) is 18.2 Å². The summed E-state index contributed by atoms with van der Waals surface area (Å²) in [6.45, 7) is 6.57. The van der Waals surface area contributed by atoms with Crippen LogP contribution in [0.5, 0.6) is 11.5 Å². The largest absolute Gasteiger partial charge is 0.494 e. The first kappa shape index (κ1) is 12.0. The molecule has 1 heterocycles. The van der Waals surface area contributed by atoms with Gasteiger partial charge in [0.1, 0.15) is 17.1 Å². The maximum Gasteiger partial charge on any atom is 0.170 e. The first-order valence-corrected chi connectivity index (χ1v) is 6.01. The topological polar surface area (TPSA) is 35.5 Å². The molecule has 1 aromatic carbocycles. The highest BCUT2D eigenvalue weighted by Gasteiger charge is 2.32. The maximum atomic E-state index is 12.0. The molecule has 1 aromatic rings. The lowest BCUT2D eigenvalue weighted by Gasteiger charge is -2.31. The van der Waals surface area contributed by atoms with Gasteiger partial charge in [0.05, 0.1) is 18.6 Å². The van der Waals surface area contributed by atoms with Crippen molar-refractivity contribution in [3.63, 3.8) is 0 Å². The molecule has 0 fully saturated rings. The lowest BCUT2D eigenvalue weighted by Crippen LogP contribution is -2.35. The number of carbonyl (C=O) groups is 1. The van der Waals surface area contributed by atoms with Gasteiger partial charge >= 0.3 is 0 Å². The zero-order valence-electron chi connectivity index (χ0n) is 10.6. The van der Waals surface area contributed by atoms with E-state index in [1.807, 2.05) is 26.0 Å². The quantitative estimate of drug-likeness (QED) is 0.805. The number of rotatable bonds is 3. The van der Waals surface area contributed by atoms with Crippen LogP contribution in [0.3, 0.4) is 0 Å². The van der Waals surface area contributed by atoms with Crippen LogP contribution in [0.25, 0.3) is 0 Å². The molecule has 0 aliphatic carbocycles. The summed E-state index contributed by atoms with van der Waals surface area (Å²) in [6, 6.07) is 5.45. The number of hydrogen-bond donors (Lipinski definition) is 0. The van der Waals surface area contributed by atoms with E-state index in [0.29, 0.717) is 24.3 Å². The number of benzene rings is 1. The Morgan fingerprint density at radius 3 is 2.88 bits per heavy atom. The fourth-order valence-corrected chi connectivity index (χ4v) is 1.94. The van der Waals surface area contributed by atoms with E-state index in [0.717, 1.165) is 12.2 Å². The molecule has 0 atom stereocenters. The summed E-state index contributed by atoms with van der Waals surface area (Å²) in [6.07, 6.45) is 1.37. The maximum absolute atomic E-state index is 12.0. The van der Waals surface area contributed by atoms with Crippen LogP contribution in [0.4, 0.5) is 0 Å². The predicted molar refractivity (Wildman–Crippen MR) is 65.9 cm³/mol. The average Bonchev–Trinajstić information content (AvgIpc) is 2.25. The molecule has 0 radical (unpaired) electrons. The monoisotopic (exact) mass is 234 g/mol. The van der Waals surface area contributed by atoms with Crippen molar-refractivity contribution < 1.29 is 14.3 Å². The van der Waals surface area contributed by atoms with Gasteiger partial charge in [0.15, 0.2) is 5.78 Å².